The first-order chi connectivity index (χ1) is 15.6. The molecule has 0 bridgehead atoms. The van der Waals surface area contributed by atoms with E-state index in [-0.39, 0.29) is 11.5 Å². The molecule has 0 unspecified atom stereocenters. The number of anilines is 2. The van der Waals surface area contributed by atoms with Crippen LogP contribution < -0.4 is 15.5 Å². The lowest BCUT2D eigenvalue weighted by Crippen LogP contribution is -2.32. The maximum Gasteiger partial charge on any atom is 0.416 e. The van der Waals surface area contributed by atoms with Gasteiger partial charge in [-0.3, -0.25) is 19.2 Å². The molecule has 3 rings (SSSR count). The molecule has 2 aromatic rings. The van der Waals surface area contributed by atoms with Crippen molar-refractivity contribution in [3.63, 3.8) is 0 Å². The lowest BCUT2D eigenvalue weighted by Gasteiger charge is -2.19. The van der Waals surface area contributed by atoms with Crippen molar-refractivity contribution >= 4 is 35.1 Å². The first-order valence-electron chi connectivity index (χ1n) is 9.95. The molecule has 174 valence electrons. The summed E-state index contributed by atoms with van der Waals surface area (Å²) in [6.07, 6.45) is -3.38. The summed E-state index contributed by atoms with van der Waals surface area (Å²) in [5.74, 6) is -2.37. The number of amides is 3. The molecule has 1 aliphatic rings. The number of carbonyl (C=O) groups is 4. The molecule has 2 N–H and O–H groups in total. The fourth-order valence-corrected chi connectivity index (χ4v) is 3.17. The number of nitrogens with one attached hydrogen (secondary N) is 2. The Kier molecular flexibility index (Phi) is 7.31. The van der Waals surface area contributed by atoms with Gasteiger partial charge in [-0.15, -0.1) is 0 Å². The van der Waals surface area contributed by atoms with E-state index in [0.29, 0.717) is 24.3 Å². The van der Waals surface area contributed by atoms with Crippen molar-refractivity contribution in [2.75, 3.05) is 29.9 Å². The maximum atomic E-state index is 12.6. The summed E-state index contributed by atoms with van der Waals surface area (Å²) in [5, 5.41) is 4.79. The van der Waals surface area contributed by atoms with Crippen LogP contribution in [-0.4, -0.2) is 43.4 Å². The van der Waals surface area contributed by atoms with Gasteiger partial charge in [0.2, 0.25) is 5.91 Å². The number of alkyl halides is 3. The largest absolute Gasteiger partial charge is 0.454 e. The maximum absolute atomic E-state index is 12.6. The molecule has 1 aliphatic heterocycles. The monoisotopic (exact) mass is 463 g/mol. The second-order valence-corrected chi connectivity index (χ2v) is 7.13. The number of ether oxygens (including phenoxy) is 1. The summed E-state index contributed by atoms with van der Waals surface area (Å²) < 4.78 is 42.5. The van der Waals surface area contributed by atoms with Crippen molar-refractivity contribution in [3.05, 3.63) is 59.7 Å². The molecule has 1 heterocycles. The molecular formula is C22H20F3N3O5. The van der Waals surface area contributed by atoms with E-state index in [1.54, 1.807) is 29.2 Å². The number of hydrogen-bond donors (Lipinski definition) is 2. The number of hydrogen-bond acceptors (Lipinski definition) is 5. The van der Waals surface area contributed by atoms with Crippen LogP contribution in [-0.2, 0) is 25.3 Å². The molecule has 0 aliphatic carbocycles. The summed E-state index contributed by atoms with van der Waals surface area (Å²) in [6, 6.07) is 10.2. The van der Waals surface area contributed by atoms with Gasteiger partial charge in [0.15, 0.2) is 6.61 Å². The van der Waals surface area contributed by atoms with Crippen LogP contribution in [0.25, 0.3) is 0 Å². The molecule has 8 nitrogen and oxygen atoms in total. The zero-order valence-electron chi connectivity index (χ0n) is 17.3. The molecule has 1 fully saturated rings. The smallest absolute Gasteiger partial charge is 0.416 e. The number of esters is 1. The minimum atomic E-state index is -4.52. The van der Waals surface area contributed by atoms with Gasteiger partial charge < -0.3 is 20.3 Å². The van der Waals surface area contributed by atoms with Crippen LogP contribution in [0, 0.1) is 0 Å². The molecule has 3 amide bonds. The van der Waals surface area contributed by atoms with E-state index in [4.69, 9.17) is 4.74 Å². The SMILES string of the molecule is O=C(COC(=O)CNC(=O)c1ccc(C(F)(F)F)cc1)Nc1ccccc1N1CCCC1=O. The third-order valence-electron chi connectivity index (χ3n) is 4.77. The highest BCUT2D eigenvalue weighted by molar-refractivity contribution is 6.02. The lowest BCUT2D eigenvalue weighted by molar-refractivity contribution is -0.146. The second-order valence-electron chi connectivity index (χ2n) is 7.13. The van der Waals surface area contributed by atoms with Crippen LogP contribution in [0.2, 0.25) is 0 Å². The Morgan fingerprint density at radius 2 is 1.73 bits per heavy atom. The average molecular weight is 463 g/mol. The zero-order valence-corrected chi connectivity index (χ0v) is 17.3. The predicted octanol–water partition coefficient (Wildman–Crippen LogP) is 2.74. The molecule has 0 atom stereocenters. The Hall–Kier alpha value is -3.89. The Morgan fingerprint density at radius 3 is 2.36 bits per heavy atom. The summed E-state index contributed by atoms with van der Waals surface area (Å²) in [6.45, 7) is -0.664. The molecule has 1 saturated heterocycles. The zero-order chi connectivity index (χ0) is 24.0. The third kappa shape index (κ3) is 6.31. The Balaban J connectivity index is 1.46. The van der Waals surface area contributed by atoms with E-state index in [1.807, 2.05) is 0 Å². The quantitative estimate of drug-likeness (QED) is 0.615. The molecule has 33 heavy (non-hydrogen) atoms. The van der Waals surface area contributed by atoms with Gasteiger partial charge in [0.1, 0.15) is 6.54 Å². The lowest BCUT2D eigenvalue weighted by atomic mass is 10.1. The van der Waals surface area contributed by atoms with E-state index >= 15 is 0 Å². The molecule has 11 heteroatoms. The molecule has 0 spiro atoms. The van der Waals surface area contributed by atoms with Crippen LogP contribution in [0.3, 0.4) is 0 Å². The molecular weight excluding hydrogens is 443 g/mol. The van der Waals surface area contributed by atoms with Gasteiger partial charge in [-0.25, -0.2) is 0 Å². The van der Waals surface area contributed by atoms with E-state index in [9.17, 15) is 32.3 Å². The topological polar surface area (TPSA) is 105 Å². The van der Waals surface area contributed by atoms with Crippen LogP contribution in [0.1, 0.15) is 28.8 Å². The Bertz CT molecular complexity index is 1050. The minimum Gasteiger partial charge on any atom is -0.454 e. The van der Waals surface area contributed by atoms with E-state index in [2.05, 4.69) is 10.6 Å². The van der Waals surface area contributed by atoms with Gasteiger partial charge in [-0.2, -0.15) is 13.2 Å². The number of benzene rings is 2. The number of carbonyl (C=O) groups excluding carboxylic acids is 4. The summed E-state index contributed by atoms with van der Waals surface area (Å²) in [5.41, 5.74) is -0.0327. The number of para-hydroxylation sites is 2. The number of halogens is 3. The third-order valence-corrected chi connectivity index (χ3v) is 4.77. The Morgan fingerprint density at radius 1 is 1.03 bits per heavy atom. The fourth-order valence-electron chi connectivity index (χ4n) is 3.17. The summed E-state index contributed by atoms with van der Waals surface area (Å²) in [4.78, 5) is 49.5. The average Bonchev–Trinajstić information content (AvgIpc) is 3.21. The van der Waals surface area contributed by atoms with E-state index in [1.165, 1.54) is 0 Å². The van der Waals surface area contributed by atoms with Crippen molar-refractivity contribution in [3.8, 4) is 0 Å². The Labute approximate surface area is 186 Å². The highest BCUT2D eigenvalue weighted by Gasteiger charge is 2.30. The van der Waals surface area contributed by atoms with Crippen LogP contribution >= 0.6 is 0 Å². The minimum absolute atomic E-state index is 0.0492. The second kappa shape index (κ2) is 10.2. The van der Waals surface area contributed by atoms with Crippen LogP contribution in [0.15, 0.2) is 48.5 Å². The van der Waals surface area contributed by atoms with Gasteiger partial charge >= 0.3 is 12.1 Å². The molecule has 0 aromatic heterocycles. The van der Waals surface area contributed by atoms with Gasteiger partial charge in [-0.05, 0) is 42.8 Å². The van der Waals surface area contributed by atoms with Crippen molar-refractivity contribution in [2.24, 2.45) is 0 Å². The molecule has 0 radical (unpaired) electrons. The number of nitrogens with zero attached hydrogens (tertiary/aromatic N) is 1. The highest BCUT2D eigenvalue weighted by Crippen LogP contribution is 2.30. The van der Waals surface area contributed by atoms with Crippen molar-refractivity contribution in [1.82, 2.24) is 5.32 Å². The van der Waals surface area contributed by atoms with Gasteiger partial charge in [0, 0.05) is 18.5 Å². The molecule has 0 saturated carbocycles. The van der Waals surface area contributed by atoms with Crippen molar-refractivity contribution < 1.29 is 37.1 Å². The normalized spacial score (nSPS) is 13.5. The highest BCUT2D eigenvalue weighted by atomic mass is 19.4. The fraction of sp³-hybridized carbons (Fsp3) is 0.273. The first kappa shape index (κ1) is 23.8. The van der Waals surface area contributed by atoms with Crippen LogP contribution in [0.5, 0.6) is 0 Å². The first-order valence-corrected chi connectivity index (χ1v) is 9.95. The standard InChI is InChI=1S/C22H20F3N3O5/c23-22(24,25)15-9-7-14(8-10-15)21(32)26-12-20(31)33-13-18(29)27-16-4-1-2-5-17(16)28-11-3-6-19(28)30/h1-2,4-5,7-10H,3,6,11-13H2,(H,26,32)(H,27,29). The van der Waals surface area contributed by atoms with E-state index in [0.717, 1.165) is 30.7 Å². The van der Waals surface area contributed by atoms with Crippen molar-refractivity contribution in [1.29, 1.82) is 0 Å². The van der Waals surface area contributed by atoms with Gasteiger partial charge in [0.05, 0.1) is 16.9 Å². The summed E-state index contributed by atoms with van der Waals surface area (Å²) >= 11 is 0. The predicted molar refractivity (Wildman–Crippen MR) is 111 cm³/mol. The van der Waals surface area contributed by atoms with E-state index < -0.39 is 42.7 Å². The van der Waals surface area contributed by atoms with Gasteiger partial charge in [-0.1, -0.05) is 12.1 Å². The van der Waals surface area contributed by atoms with Crippen LogP contribution in [0.4, 0.5) is 24.5 Å². The van der Waals surface area contributed by atoms with Gasteiger partial charge in [0.25, 0.3) is 11.8 Å². The summed E-state index contributed by atoms with van der Waals surface area (Å²) in [7, 11) is 0. The number of rotatable bonds is 7. The molecule has 2 aromatic carbocycles. The van der Waals surface area contributed by atoms with Crippen molar-refractivity contribution in [2.45, 2.75) is 19.0 Å².